The van der Waals surface area contributed by atoms with Gasteiger partial charge in [0, 0.05) is 11.1 Å². The zero-order chi connectivity index (χ0) is 27.1. The lowest BCUT2D eigenvalue weighted by Crippen LogP contribution is -2.03. The highest BCUT2D eigenvalue weighted by molar-refractivity contribution is 5.72. The second kappa shape index (κ2) is 12.8. The van der Waals surface area contributed by atoms with Gasteiger partial charge in [-0.1, -0.05) is 98.5 Å². The maximum absolute atomic E-state index is 15.0. The van der Waals surface area contributed by atoms with Crippen molar-refractivity contribution < 1.29 is 22.3 Å². The lowest BCUT2D eigenvalue weighted by Gasteiger charge is -2.11. The Morgan fingerprint density at radius 1 is 0.579 bits per heavy atom. The molecule has 0 aromatic heterocycles. The van der Waals surface area contributed by atoms with E-state index in [1.165, 1.54) is 6.07 Å². The van der Waals surface area contributed by atoms with E-state index in [1.807, 2.05) is 19.1 Å². The molecule has 0 fully saturated rings. The van der Waals surface area contributed by atoms with Crippen LogP contribution >= 0.6 is 0 Å². The Kier molecular flexibility index (Phi) is 9.22. The van der Waals surface area contributed by atoms with E-state index in [4.69, 9.17) is 4.74 Å². The largest absolute Gasteiger partial charge is 0.490 e. The van der Waals surface area contributed by atoms with E-state index in [1.54, 1.807) is 54.6 Å². The molecule has 0 saturated carbocycles. The van der Waals surface area contributed by atoms with Crippen molar-refractivity contribution in [2.45, 2.75) is 52.4 Å². The van der Waals surface area contributed by atoms with Crippen LogP contribution in [0.25, 0.3) is 22.3 Å². The van der Waals surface area contributed by atoms with E-state index in [2.05, 4.69) is 6.92 Å². The molecular weight excluding hydrogens is 488 g/mol. The summed E-state index contributed by atoms with van der Waals surface area (Å²) in [4.78, 5) is 0. The Morgan fingerprint density at radius 2 is 1.18 bits per heavy atom. The van der Waals surface area contributed by atoms with Crippen LogP contribution in [0.1, 0.15) is 49.3 Å². The van der Waals surface area contributed by atoms with E-state index in [0.29, 0.717) is 30.6 Å². The molecule has 4 rings (SSSR count). The van der Waals surface area contributed by atoms with Gasteiger partial charge in [0.25, 0.3) is 0 Å². The number of halogens is 4. The second-order valence-electron chi connectivity index (χ2n) is 9.61. The molecule has 0 saturated heterocycles. The van der Waals surface area contributed by atoms with Crippen molar-refractivity contribution in [2.24, 2.45) is 0 Å². The van der Waals surface area contributed by atoms with Crippen molar-refractivity contribution in [3.63, 3.8) is 0 Å². The van der Waals surface area contributed by atoms with E-state index in [-0.39, 0.29) is 22.4 Å². The molecule has 4 aromatic carbocycles. The molecule has 38 heavy (non-hydrogen) atoms. The molecular formula is C33H32F4O. The van der Waals surface area contributed by atoms with Crippen molar-refractivity contribution in [1.29, 1.82) is 0 Å². The van der Waals surface area contributed by atoms with Gasteiger partial charge in [-0.15, -0.1) is 0 Å². The van der Waals surface area contributed by atoms with Gasteiger partial charge < -0.3 is 4.74 Å². The summed E-state index contributed by atoms with van der Waals surface area (Å²) in [5.74, 6) is -3.70. The Balaban J connectivity index is 1.41. The van der Waals surface area contributed by atoms with E-state index >= 15 is 0 Å². The highest BCUT2D eigenvalue weighted by atomic mass is 19.2. The van der Waals surface area contributed by atoms with Crippen LogP contribution in [0.5, 0.6) is 5.75 Å². The maximum atomic E-state index is 15.0. The standard InChI is InChI=1S/C33H32F4O/c1-3-4-5-6-21-38-29-20-17-26(30(34)33(29)37)16-11-23-9-14-25(15-10-23)28-19-18-27(31(35)32(28)36)24-12-7-22(2)8-13-24/h7-10,12-15,17-20H,3-6,11,16,21H2,1-2H3. The Morgan fingerprint density at radius 3 is 1.79 bits per heavy atom. The minimum Gasteiger partial charge on any atom is -0.490 e. The zero-order valence-electron chi connectivity index (χ0n) is 21.8. The molecule has 5 heteroatoms. The van der Waals surface area contributed by atoms with Crippen LogP contribution in [0.15, 0.2) is 72.8 Å². The number of benzene rings is 4. The number of unbranched alkanes of at least 4 members (excludes halogenated alkanes) is 3. The fraction of sp³-hybridized carbons (Fsp3) is 0.273. The quantitative estimate of drug-likeness (QED) is 0.141. The number of aryl methyl sites for hydroxylation is 3. The van der Waals surface area contributed by atoms with Crippen LogP contribution in [0.3, 0.4) is 0 Å². The van der Waals surface area contributed by atoms with Crippen molar-refractivity contribution in [3.8, 4) is 28.0 Å². The highest BCUT2D eigenvalue weighted by Crippen LogP contribution is 2.32. The zero-order valence-corrected chi connectivity index (χ0v) is 21.8. The van der Waals surface area contributed by atoms with Crippen LogP contribution in [-0.2, 0) is 12.8 Å². The topological polar surface area (TPSA) is 9.23 Å². The first kappa shape index (κ1) is 27.4. The summed E-state index contributed by atoms with van der Waals surface area (Å²) in [7, 11) is 0. The summed E-state index contributed by atoms with van der Waals surface area (Å²) >= 11 is 0. The van der Waals surface area contributed by atoms with Gasteiger partial charge in [0.2, 0.25) is 5.82 Å². The fourth-order valence-electron chi connectivity index (χ4n) is 4.45. The van der Waals surface area contributed by atoms with Crippen molar-refractivity contribution in [1.82, 2.24) is 0 Å². The summed E-state index contributed by atoms with van der Waals surface area (Å²) in [6.45, 7) is 4.40. The molecule has 0 aliphatic carbocycles. The van der Waals surface area contributed by atoms with Crippen LogP contribution in [0, 0.1) is 30.2 Å². The Labute approximate surface area is 222 Å². The average Bonchev–Trinajstić information content (AvgIpc) is 2.93. The number of hydrogen-bond donors (Lipinski definition) is 0. The molecule has 0 N–H and O–H groups in total. The molecule has 4 aromatic rings. The van der Waals surface area contributed by atoms with Crippen LogP contribution in [0.4, 0.5) is 17.6 Å². The predicted molar refractivity (Wildman–Crippen MR) is 145 cm³/mol. The molecule has 0 aliphatic heterocycles. The van der Waals surface area contributed by atoms with Crippen molar-refractivity contribution in [3.05, 3.63) is 113 Å². The minimum absolute atomic E-state index is 0.0604. The van der Waals surface area contributed by atoms with E-state index in [0.717, 1.165) is 36.8 Å². The Hall–Kier alpha value is -3.60. The summed E-state index contributed by atoms with van der Waals surface area (Å²) < 4.78 is 64.3. The lowest BCUT2D eigenvalue weighted by molar-refractivity contribution is 0.284. The predicted octanol–water partition coefficient (Wildman–Crippen LogP) is 9.63. The minimum atomic E-state index is -0.958. The van der Waals surface area contributed by atoms with Gasteiger partial charge in [0.05, 0.1) is 6.61 Å². The van der Waals surface area contributed by atoms with Gasteiger partial charge >= 0.3 is 0 Å². The van der Waals surface area contributed by atoms with Gasteiger partial charge in [-0.25, -0.2) is 13.2 Å². The summed E-state index contributed by atoms with van der Waals surface area (Å²) in [5, 5.41) is 0. The Bertz CT molecular complexity index is 1360. The molecule has 0 unspecified atom stereocenters. The monoisotopic (exact) mass is 520 g/mol. The SMILES string of the molecule is CCCCCCOc1ccc(CCc2ccc(-c3ccc(-c4ccc(C)cc4)c(F)c3F)cc2)c(F)c1F. The van der Waals surface area contributed by atoms with Gasteiger partial charge in [0.1, 0.15) is 0 Å². The van der Waals surface area contributed by atoms with Crippen molar-refractivity contribution in [2.75, 3.05) is 6.61 Å². The first-order valence-corrected chi connectivity index (χ1v) is 13.1. The first-order valence-electron chi connectivity index (χ1n) is 13.1. The van der Waals surface area contributed by atoms with Crippen molar-refractivity contribution >= 4 is 0 Å². The van der Waals surface area contributed by atoms with Gasteiger partial charge in [-0.3, -0.25) is 0 Å². The number of ether oxygens (including phenoxy) is 1. The molecule has 0 bridgehead atoms. The van der Waals surface area contributed by atoms with E-state index < -0.39 is 23.3 Å². The molecule has 198 valence electrons. The van der Waals surface area contributed by atoms with Gasteiger partial charge in [-0.05, 0) is 54.5 Å². The average molecular weight is 521 g/mol. The molecule has 1 nitrogen and oxygen atoms in total. The number of rotatable bonds is 11. The van der Waals surface area contributed by atoms with E-state index in [9.17, 15) is 17.6 Å². The molecule has 0 heterocycles. The second-order valence-corrected chi connectivity index (χ2v) is 9.61. The normalized spacial score (nSPS) is 11.1. The first-order chi connectivity index (χ1) is 18.4. The van der Waals surface area contributed by atoms with Gasteiger partial charge in [0.15, 0.2) is 23.2 Å². The molecule has 0 atom stereocenters. The van der Waals surface area contributed by atoms with Crippen LogP contribution in [-0.4, -0.2) is 6.61 Å². The smallest absolute Gasteiger partial charge is 0.200 e. The van der Waals surface area contributed by atoms with Crippen LogP contribution in [0.2, 0.25) is 0 Å². The van der Waals surface area contributed by atoms with Crippen LogP contribution < -0.4 is 4.74 Å². The molecule has 0 radical (unpaired) electrons. The fourth-order valence-corrected chi connectivity index (χ4v) is 4.45. The third-order valence-electron chi connectivity index (χ3n) is 6.78. The number of hydrogen-bond acceptors (Lipinski definition) is 1. The summed E-state index contributed by atoms with van der Waals surface area (Å²) in [5.41, 5.74) is 3.72. The molecule has 0 aliphatic rings. The van der Waals surface area contributed by atoms with Gasteiger partial charge in [-0.2, -0.15) is 4.39 Å². The molecule has 0 amide bonds. The highest BCUT2D eigenvalue weighted by Gasteiger charge is 2.17. The lowest BCUT2D eigenvalue weighted by atomic mass is 9.96. The third-order valence-corrected chi connectivity index (χ3v) is 6.78. The maximum Gasteiger partial charge on any atom is 0.200 e. The molecule has 0 spiro atoms. The summed E-state index contributed by atoms with van der Waals surface area (Å²) in [6, 6.07) is 20.5. The third kappa shape index (κ3) is 6.45. The summed E-state index contributed by atoms with van der Waals surface area (Å²) in [6.07, 6.45) is 4.76.